The summed E-state index contributed by atoms with van der Waals surface area (Å²) in [4.78, 5) is 4.40. The maximum absolute atomic E-state index is 13.5. The lowest BCUT2D eigenvalue weighted by Gasteiger charge is -2.11. The minimum absolute atomic E-state index is 0.186. The fourth-order valence-electron chi connectivity index (χ4n) is 2.31. The van der Waals surface area contributed by atoms with Crippen LogP contribution in [0, 0.1) is 5.82 Å². The topological polar surface area (TPSA) is 29.9 Å². The van der Waals surface area contributed by atoms with Crippen molar-refractivity contribution in [1.82, 2.24) is 14.9 Å². The van der Waals surface area contributed by atoms with E-state index in [-0.39, 0.29) is 5.82 Å². The molecule has 3 nitrogen and oxygen atoms in total. The fraction of sp³-hybridized carbons (Fsp3) is 0.438. The first-order valence-corrected chi connectivity index (χ1v) is 7.22. The van der Waals surface area contributed by atoms with Crippen molar-refractivity contribution in [1.29, 1.82) is 0 Å². The lowest BCUT2D eigenvalue weighted by molar-refractivity contribution is 0.618. The van der Waals surface area contributed by atoms with Crippen molar-refractivity contribution in [3.8, 4) is 0 Å². The molecule has 1 aromatic heterocycles. The molecule has 0 fully saturated rings. The van der Waals surface area contributed by atoms with Crippen molar-refractivity contribution in [3.63, 3.8) is 0 Å². The summed E-state index contributed by atoms with van der Waals surface area (Å²) in [5, 5.41) is 3.29. The van der Waals surface area contributed by atoms with E-state index in [0.29, 0.717) is 6.42 Å². The second kappa shape index (κ2) is 7.20. The van der Waals surface area contributed by atoms with Crippen LogP contribution in [-0.2, 0) is 19.5 Å². The van der Waals surface area contributed by atoms with Gasteiger partial charge in [0, 0.05) is 31.9 Å². The molecule has 0 amide bonds. The van der Waals surface area contributed by atoms with E-state index in [2.05, 4.69) is 28.7 Å². The van der Waals surface area contributed by atoms with Crippen LogP contribution in [0.3, 0.4) is 0 Å². The molecule has 0 aliphatic rings. The van der Waals surface area contributed by atoms with Crippen LogP contribution in [0.4, 0.5) is 4.39 Å². The highest BCUT2D eigenvalue weighted by molar-refractivity contribution is 5.30. The third-order valence-electron chi connectivity index (χ3n) is 3.35. The van der Waals surface area contributed by atoms with Gasteiger partial charge in [-0.1, -0.05) is 19.9 Å². The molecule has 4 heteroatoms. The largest absolute Gasteiger partial charge is 0.335 e. The van der Waals surface area contributed by atoms with Crippen molar-refractivity contribution in [3.05, 3.63) is 53.4 Å². The molecule has 0 radical (unpaired) electrons. The first-order valence-electron chi connectivity index (χ1n) is 7.22. The Morgan fingerprint density at radius 1 is 1.25 bits per heavy atom. The maximum atomic E-state index is 13.5. The Kier molecular flexibility index (Phi) is 5.30. The molecule has 0 saturated carbocycles. The van der Waals surface area contributed by atoms with E-state index < -0.39 is 0 Å². The second-order valence-electron chi connectivity index (χ2n) is 4.91. The predicted octanol–water partition coefficient (Wildman–Crippen LogP) is 3.13. The summed E-state index contributed by atoms with van der Waals surface area (Å²) in [6.07, 6.45) is 5.54. The summed E-state index contributed by atoms with van der Waals surface area (Å²) in [6.45, 7) is 6.83. The van der Waals surface area contributed by atoms with Crippen LogP contribution in [0.2, 0.25) is 0 Å². The molecule has 2 rings (SSSR count). The van der Waals surface area contributed by atoms with Gasteiger partial charge in [0.25, 0.3) is 0 Å². The lowest BCUT2D eigenvalue weighted by Crippen LogP contribution is -2.14. The van der Waals surface area contributed by atoms with Crippen molar-refractivity contribution in [2.24, 2.45) is 0 Å². The number of benzene rings is 1. The van der Waals surface area contributed by atoms with Gasteiger partial charge in [0.1, 0.15) is 11.6 Å². The Bertz CT molecular complexity index is 548. The highest BCUT2D eigenvalue weighted by Crippen LogP contribution is 2.16. The van der Waals surface area contributed by atoms with Gasteiger partial charge in [-0.3, -0.25) is 0 Å². The van der Waals surface area contributed by atoms with Crippen LogP contribution in [0.25, 0.3) is 0 Å². The van der Waals surface area contributed by atoms with E-state index in [1.165, 1.54) is 6.07 Å². The summed E-state index contributed by atoms with van der Waals surface area (Å²) < 4.78 is 15.6. The van der Waals surface area contributed by atoms with Gasteiger partial charge in [-0.15, -0.1) is 0 Å². The Hall–Kier alpha value is -1.68. The smallest absolute Gasteiger partial charge is 0.123 e. The van der Waals surface area contributed by atoms with Gasteiger partial charge in [0.15, 0.2) is 0 Å². The normalized spacial score (nSPS) is 10.9. The van der Waals surface area contributed by atoms with E-state index in [1.54, 1.807) is 6.07 Å². The zero-order valence-electron chi connectivity index (χ0n) is 12.2. The number of aryl methyl sites for hydroxylation is 1. The zero-order valence-corrected chi connectivity index (χ0v) is 12.2. The number of halogens is 1. The molecule has 2 aromatic rings. The van der Waals surface area contributed by atoms with Crippen LogP contribution >= 0.6 is 0 Å². The first-order chi connectivity index (χ1) is 9.74. The molecule has 0 unspecified atom stereocenters. The number of aromatic nitrogens is 2. The third kappa shape index (κ3) is 3.67. The number of hydrogen-bond acceptors (Lipinski definition) is 2. The van der Waals surface area contributed by atoms with Crippen LogP contribution in [0.1, 0.15) is 37.2 Å². The summed E-state index contributed by atoms with van der Waals surface area (Å²) in [7, 11) is 0. The van der Waals surface area contributed by atoms with Gasteiger partial charge in [0.2, 0.25) is 0 Å². The van der Waals surface area contributed by atoms with Crippen LogP contribution in [0.5, 0.6) is 0 Å². The number of hydrogen-bond donors (Lipinski definition) is 1. The highest BCUT2D eigenvalue weighted by atomic mass is 19.1. The van der Waals surface area contributed by atoms with Crippen LogP contribution in [0.15, 0.2) is 30.6 Å². The Morgan fingerprint density at radius 2 is 2.10 bits per heavy atom. The monoisotopic (exact) mass is 275 g/mol. The van der Waals surface area contributed by atoms with E-state index in [9.17, 15) is 4.39 Å². The number of imidazole rings is 1. The van der Waals surface area contributed by atoms with Gasteiger partial charge in [-0.2, -0.15) is 0 Å². The predicted molar refractivity (Wildman–Crippen MR) is 79.1 cm³/mol. The maximum Gasteiger partial charge on any atom is 0.123 e. The molecule has 108 valence electrons. The van der Waals surface area contributed by atoms with Gasteiger partial charge in [-0.05, 0) is 36.2 Å². The summed E-state index contributed by atoms with van der Waals surface area (Å²) >= 11 is 0. The van der Waals surface area contributed by atoms with E-state index in [4.69, 9.17) is 0 Å². The molecule has 0 saturated heterocycles. The van der Waals surface area contributed by atoms with Gasteiger partial charge in [-0.25, -0.2) is 9.37 Å². The van der Waals surface area contributed by atoms with Gasteiger partial charge >= 0.3 is 0 Å². The average molecular weight is 275 g/mol. The van der Waals surface area contributed by atoms with E-state index in [0.717, 1.165) is 43.0 Å². The number of nitrogens with zero attached hydrogens (tertiary/aromatic N) is 2. The van der Waals surface area contributed by atoms with Crippen LogP contribution < -0.4 is 5.32 Å². The molecular formula is C16H22FN3. The first kappa shape index (κ1) is 14.7. The SMILES string of the molecule is CCCn1ccnc1Cc1cc(F)ccc1CNCC. The standard InChI is InChI=1S/C16H22FN3/c1-3-8-20-9-7-19-16(20)11-14-10-15(17)6-5-13(14)12-18-4-2/h5-7,9-10,18H,3-4,8,11-12H2,1-2H3. The Balaban J connectivity index is 2.22. The molecule has 0 spiro atoms. The van der Waals surface area contributed by atoms with Gasteiger partial charge < -0.3 is 9.88 Å². The molecule has 1 aromatic carbocycles. The lowest BCUT2D eigenvalue weighted by atomic mass is 10.0. The Morgan fingerprint density at radius 3 is 2.85 bits per heavy atom. The average Bonchev–Trinajstić information content (AvgIpc) is 2.86. The quantitative estimate of drug-likeness (QED) is 0.841. The second-order valence-corrected chi connectivity index (χ2v) is 4.91. The number of nitrogens with one attached hydrogen (secondary N) is 1. The summed E-state index contributed by atoms with van der Waals surface area (Å²) in [5.41, 5.74) is 2.15. The molecule has 1 N–H and O–H groups in total. The van der Waals surface area contributed by atoms with Crippen molar-refractivity contribution in [2.75, 3.05) is 6.54 Å². The van der Waals surface area contributed by atoms with Gasteiger partial charge in [0.05, 0.1) is 0 Å². The third-order valence-corrected chi connectivity index (χ3v) is 3.35. The fourth-order valence-corrected chi connectivity index (χ4v) is 2.31. The van der Waals surface area contributed by atoms with E-state index in [1.807, 2.05) is 18.5 Å². The zero-order chi connectivity index (χ0) is 14.4. The summed E-state index contributed by atoms with van der Waals surface area (Å²) in [6, 6.07) is 5.01. The molecule has 0 atom stereocenters. The van der Waals surface area contributed by atoms with Crippen molar-refractivity contribution >= 4 is 0 Å². The summed E-state index contributed by atoms with van der Waals surface area (Å²) in [5.74, 6) is 0.809. The Labute approximate surface area is 119 Å². The molecular weight excluding hydrogens is 253 g/mol. The van der Waals surface area contributed by atoms with Crippen molar-refractivity contribution < 1.29 is 4.39 Å². The molecule has 1 heterocycles. The highest BCUT2D eigenvalue weighted by Gasteiger charge is 2.09. The molecule has 20 heavy (non-hydrogen) atoms. The number of rotatable bonds is 7. The van der Waals surface area contributed by atoms with Crippen LogP contribution in [-0.4, -0.2) is 16.1 Å². The van der Waals surface area contributed by atoms with Crippen molar-refractivity contribution in [2.45, 2.75) is 39.8 Å². The van der Waals surface area contributed by atoms with E-state index >= 15 is 0 Å². The molecule has 0 aliphatic heterocycles. The molecule has 0 bridgehead atoms. The molecule has 0 aliphatic carbocycles. The minimum Gasteiger partial charge on any atom is -0.335 e. The minimum atomic E-state index is -0.186.